The van der Waals surface area contributed by atoms with E-state index in [-0.39, 0.29) is 43.4 Å². The van der Waals surface area contributed by atoms with E-state index in [2.05, 4.69) is 31.2 Å². The maximum atomic E-state index is 13.7. The highest BCUT2D eigenvalue weighted by molar-refractivity contribution is 5.94. The van der Waals surface area contributed by atoms with Crippen LogP contribution < -0.4 is 32.7 Å². The Morgan fingerprint density at radius 2 is 1.64 bits per heavy atom. The second-order valence-corrected chi connectivity index (χ2v) is 11.1. The number of carbonyl (C=O) groups is 4. The molecule has 4 rings (SSSR count). The van der Waals surface area contributed by atoms with Crippen molar-refractivity contribution in [2.24, 2.45) is 16.5 Å². The van der Waals surface area contributed by atoms with Crippen LogP contribution in [-0.4, -0.2) is 82.1 Å². The zero-order chi connectivity index (χ0) is 32.3. The number of nitrogens with two attached hydrogens (primary N) is 2. The van der Waals surface area contributed by atoms with E-state index in [0.717, 1.165) is 17.3 Å². The van der Waals surface area contributed by atoms with Crippen LogP contribution in [0.1, 0.15) is 36.8 Å². The molecule has 1 aliphatic heterocycles. The number of para-hydroxylation sites is 1. The summed E-state index contributed by atoms with van der Waals surface area (Å²) in [5, 5.41) is 31.8. The standard InChI is InChI=1S/C31H40N8O6/c32-31(33)35-14-4-8-24(37-27(41)23-7-3-13-34-23)28(42)38-25(15-18-9-11-20(40)12-10-18)29(43)39-26(30(44)45)16-19-17-36-22-6-2-1-5-21(19)22/h1-2,5-6,9-12,17,23-26,34,36,40H,3-4,7-8,13-16H2,(H,37,41)(H,38,42)(H,39,43)(H,44,45)(H4,32,33,35). The molecule has 0 bridgehead atoms. The number of guanidine groups is 1. The van der Waals surface area contributed by atoms with Crippen molar-refractivity contribution in [1.29, 1.82) is 0 Å². The molecule has 1 fully saturated rings. The first kappa shape index (κ1) is 32.8. The number of aromatic hydroxyl groups is 1. The number of phenols is 1. The maximum Gasteiger partial charge on any atom is 0.326 e. The summed E-state index contributed by atoms with van der Waals surface area (Å²) in [6, 6.07) is 9.58. The van der Waals surface area contributed by atoms with Gasteiger partial charge in [0, 0.05) is 36.5 Å². The molecule has 2 aromatic carbocycles. The second kappa shape index (κ2) is 15.6. The number of carbonyl (C=O) groups excluding carboxylic acids is 3. The van der Waals surface area contributed by atoms with Gasteiger partial charge in [0.25, 0.3) is 0 Å². The summed E-state index contributed by atoms with van der Waals surface area (Å²) in [4.78, 5) is 59.5. The maximum absolute atomic E-state index is 13.7. The van der Waals surface area contributed by atoms with Gasteiger partial charge in [-0.05, 0) is 61.6 Å². The highest BCUT2D eigenvalue weighted by atomic mass is 16.4. The Hall–Kier alpha value is -5.11. The highest BCUT2D eigenvalue weighted by Crippen LogP contribution is 2.19. The number of H-pyrrole nitrogens is 1. The van der Waals surface area contributed by atoms with E-state index in [1.807, 2.05) is 24.3 Å². The lowest BCUT2D eigenvalue weighted by Crippen LogP contribution is -2.57. The quantitative estimate of drug-likeness (QED) is 0.0631. The molecule has 4 unspecified atom stereocenters. The molecule has 3 amide bonds. The summed E-state index contributed by atoms with van der Waals surface area (Å²) in [5.41, 5.74) is 13.0. The number of carboxylic acid groups (broad SMARTS) is 1. The topological polar surface area (TPSA) is 237 Å². The number of aliphatic imine (C=N–C) groups is 1. The summed E-state index contributed by atoms with van der Waals surface area (Å²) < 4.78 is 0. The fraction of sp³-hybridized carbons (Fsp3) is 0.387. The smallest absolute Gasteiger partial charge is 0.326 e. The van der Waals surface area contributed by atoms with Gasteiger partial charge in [-0.2, -0.15) is 0 Å². The molecule has 1 saturated heterocycles. The van der Waals surface area contributed by atoms with Gasteiger partial charge >= 0.3 is 5.97 Å². The minimum atomic E-state index is -1.29. The average molecular weight is 621 g/mol. The van der Waals surface area contributed by atoms with Gasteiger partial charge in [0.2, 0.25) is 17.7 Å². The Morgan fingerprint density at radius 3 is 2.33 bits per heavy atom. The first-order valence-electron chi connectivity index (χ1n) is 14.9. The predicted octanol–water partition coefficient (Wildman–Crippen LogP) is 0.00330. The number of aromatic amines is 1. The SMILES string of the molecule is NC(N)=NCCCC(NC(=O)C1CCCN1)C(=O)NC(Cc1ccc(O)cc1)C(=O)NC(Cc1c[nH]c2ccccc12)C(=O)O. The van der Waals surface area contributed by atoms with Crippen LogP contribution >= 0.6 is 0 Å². The Balaban J connectivity index is 1.53. The van der Waals surface area contributed by atoms with Gasteiger partial charge < -0.3 is 47.9 Å². The monoisotopic (exact) mass is 620 g/mol. The van der Waals surface area contributed by atoms with Gasteiger partial charge in [-0.15, -0.1) is 0 Å². The molecular formula is C31H40N8O6. The molecule has 2 heterocycles. The molecule has 4 atom stereocenters. The summed E-state index contributed by atoms with van der Waals surface area (Å²) >= 11 is 0. The van der Waals surface area contributed by atoms with Gasteiger partial charge in [0.05, 0.1) is 6.04 Å². The lowest BCUT2D eigenvalue weighted by atomic mass is 10.0. The van der Waals surface area contributed by atoms with E-state index >= 15 is 0 Å². The third-order valence-corrected chi connectivity index (χ3v) is 7.68. The molecular weight excluding hydrogens is 580 g/mol. The fourth-order valence-corrected chi connectivity index (χ4v) is 5.30. The number of carboxylic acids is 1. The van der Waals surface area contributed by atoms with Crippen molar-refractivity contribution in [1.82, 2.24) is 26.3 Å². The number of amides is 3. The number of aromatic nitrogens is 1. The van der Waals surface area contributed by atoms with Crippen LogP contribution in [0.25, 0.3) is 10.9 Å². The molecule has 0 radical (unpaired) electrons. The molecule has 11 N–H and O–H groups in total. The number of hydrogen-bond donors (Lipinski definition) is 9. The molecule has 0 saturated carbocycles. The van der Waals surface area contributed by atoms with E-state index in [1.54, 1.807) is 18.3 Å². The van der Waals surface area contributed by atoms with Gasteiger partial charge in [0.1, 0.15) is 23.9 Å². The largest absolute Gasteiger partial charge is 0.508 e. The number of fused-ring (bicyclic) bond motifs is 1. The number of nitrogens with one attached hydrogen (secondary N) is 5. The molecule has 14 nitrogen and oxygen atoms in total. The lowest BCUT2D eigenvalue weighted by Gasteiger charge is -2.25. The predicted molar refractivity (Wildman–Crippen MR) is 168 cm³/mol. The van der Waals surface area contributed by atoms with Crippen LogP contribution in [0.15, 0.2) is 59.7 Å². The van der Waals surface area contributed by atoms with Crippen LogP contribution in [0.3, 0.4) is 0 Å². The Labute approximate surface area is 260 Å². The van der Waals surface area contributed by atoms with Gasteiger partial charge in [-0.3, -0.25) is 19.4 Å². The Morgan fingerprint density at radius 1 is 0.933 bits per heavy atom. The van der Waals surface area contributed by atoms with Crippen LogP contribution in [0, 0.1) is 0 Å². The molecule has 45 heavy (non-hydrogen) atoms. The molecule has 0 spiro atoms. The van der Waals surface area contributed by atoms with Crippen LogP contribution in [0.5, 0.6) is 5.75 Å². The van der Waals surface area contributed by atoms with Crippen molar-refractivity contribution in [2.75, 3.05) is 13.1 Å². The third-order valence-electron chi connectivity index (χ3n) is 7.68. The zero-order valence-corrected chi connectivity index (χ0v) is 24.8. The lowest BCUT2D eigenvalue weighted by molar-refractivity contribution is -0.142. The summed E-state index contributed by atoms with van der Waals surface area (Å²) in [6.45, 7) is 0.923. The van der Waals surface area contributed by atoms with Crippen LogP contribution in [0.2, 0.25) is 0 Å². The third kappa shape index (κ3) is 9.44. The van der Waals surface area contributed by atoms with Crippen molar-refractivity contribution < 1.29 is 29.4 Å². The van der Waals surface area contributed by atoms with Gasteiger partial charge in [-0.25, -0.2) is 4.79 Å². The number of nitrogens with zero attached hydrogens (tertiary/aromatic N) is 1. The first-order chi connectivity index (χ1) is 21.6. The Bertz CT molecular complexity index is 1510. The summed E-state index contributed by atoms with van der Waals surface area (Å²) in [7, 11) is 0. The van der Waals surface area contributed by atoms with Crippen molar-refractivity contribution in [3.05, 3.63) is 65.9 Å². The minimum Gasteiger partial charge on any atom is -0.508 e. The second-order valence-electron chi connectivity index (χ2n) is 11.1. The van der Waals surface area contributed by atoms with Crippen LogP contribution in [0.4, 0.5) is 0 Å². The van der Waals surface area contributed by atoms with E-state index < -0.39 is 42.0 Å². The number of hydrogen-bond acceptors (Lipinski definition) is 7. The molecule has 1 aliphatic rings. The van der Waals surface area contributed by atoms with Gasteiger partial charge in [-0.1, -0.05) is 30.3 Å². The number of benzene rings is 2. The number of rotatable bonds is 15. The van der Waals surface area contributed by atoms with Crippen molar-refractivity contribution in [3.63, 3.8) is 0 Å². The molecule has 14 heteroatoms. The molecule has 3 aromatic rings. The van der Waals surface area contributed by atoms with Crippen LogP contribution in [-0.2, 0) is 32.0 Å². The van der Waals surface area contributed by atoms with Crippen molar-refractivity contribution in [3.8, 4) is 5.75 Å². The zero-order valence-electron chi connectivity index (χ0n) is 24.8. The first-order valence-corrected chi connectivity index (χ1v) is 14.9. The average Bonchev–Trinajstić information content (AvgIpc) is 3.70. The van der Waals surface area contributed by atoms with Gasteiger partial charge in [0.15, 0.2) is 5.96 Å². The number of aliphatic carboxylic acids is 1. The van der Waals surface area contributed by atoms with E-state index in [1.165, 1.54) is 12.1 Å². The Kier molecular flexibility index (Phi) is 11.3. The highest BCUT2D eigenvalue weighted by Gasteiger charge is 2.32. The van der Waals surface area contributed by atoms with E-state index in [4.69, 9.17) is 11.5 Å². The van der Waals surface area contributed by atoms with Crippen molar-refractivity contribution >= 4 is 40.6 Å². The summed E-state index contributed by atoms with van der Waals surface area (Å²) in [6.07, 6.45) is 3.72. The number of phenolic OH excluding ortho intramolecular Hbond substituents is 1. The molecule has 240 valence electrons. The molecule has 0 aliphatic carbocycles. The van der Waals surface area contributed by atoms with E-state index in [9.17, 15) is 29.4 Å². The van der Waals surface area contributed by atoms with E-state index in [0.29, 0.717) is 30.5 Å². The fourth-order valence-electron chi connectivity index (χ4n) is 5.30. The van der Waals surface area contributed by atoms with Crippen molar-refractivity contribution in [2.45, 2.75) is 62.7 Å². The summed E-state index contributed by atoms with van der Waals surface area (Å²) in [5.74, 6) is -2.98. The minimum absolute atomic E-state index is 0.00280. The normalized spacial score (nSPS) is 16.3. The molecule has 1 aromatic heterocycles.